The van der Waals surface area contributed by atoms with Gasteiger partial charge in [0.2, 0.25) is 35.4 Å². The summed E-state index contributed by atoms with van der Waals surface area (Å²) in [6.45, 7) is 1.75. The number of aryl methyl sites for hydroxylation is 1. The van der Waals surface area contributed by atoms with Gasteiger partial charge < -0.3 is 51.1 Å². The van der Waals surface area contributed by atoms with Gasteiger partial charge in [-0.05, 0) is 73.8 Å². The third kappa shape index (κ3) is 13.0. The Morgan fingerprint density at radius 3 is 2.20 bits per heavy atom. The molecule has 8 amide bonds. The van der Waals surface area contributed by atoms with Crippen molar-refractivity contribution in [1.82, 2.24) is 46.5 Å². The van der Waals surface area contributed by atoms with Crippen molar-refractivity contribution in [2.45, 2.75) is 135 Å². The Labute approximate surface area is 452 Å². The lowest BCUT2D eigenvalue weighted by atomic mass is 9.81. The molecular formula is C55H62FN9O14. The topological polar surface area (TPSA) is 320 Å². The van der Waals surface area contributed by atoms with Crippen LogP contribution in [0.15, 0.2) is 47.3 Å². The maximum absolute atomic E-state index is 15.4. The van der Waals surface area contributed by atoms with Crippen LogP contribution < -0.4 is 37.5 Å². The number of halogens is 1. The number of esters is 1. The van der Waals surface area contributed by atoms with Gasteiger partial charge in [0.25, 0.3) is 17.4 Å². The van der Waals surface area contributed by atoms with Crippen molar-refractivity contribution in [2.24, 2.45) is 0 Å². The molecule has 8 rings (SSSR count). The number of ether oxygens (including phenoxy) is 1. The molecule has 4 aromatic rings. The molecule has 3 atom stereocenters. The third-order valence-electron chi connectivity index (χ3n) is 14.6. The lowest BCUT2D eigenvalue weighted by molar-refractivity contribution is -0.197. The Bertz CT molecular complexity index is 3190. The number of amides is 8. The molecular weight excluding hydrogens is 1030 g/mol. The SMILES string of the molecule is CC[C@@]1(O)C(=O)OCc2c1cc1n(c2=O)Cc2c-1nc1cc(F)c(C)c3c1c2[C@@H](NC(=O)CCCNC(=O)CNC(=O)[C@H](Cc1ccccc1)NC(=O)CNC(=O)CNC(=O)CCCCCCC(=O)ON1C(=O)CCC1=O)CC3. The Morgan fingerprint density at radius 2 is 1.47 bits per heavy atom. The molecule has 1 aliphatic carbocycles. The van der Waals surface area contributed by atoms with E-state index in [4.69, 9.17) is 14.6 Å². The fourth-order valence-electron chi connectivity index (χ4n) is 10.3. The smallest absolute Gasteiger partial charge is 0.343 e. The minimum atomic E-state index is -2.04. The van der Waals surface area contributed by atoms with Crippen molar-refractivity contribution >= 4 is 70.1 Å². The number of aliphatic hydroxyl groups is 1. The molecule has 1 saturated heterocycles. The van der Waals surface area contributed by atoms with Crippen molar-refractivity contribution in [3.63, 3.8) is 0 Å². The van der Waals surface area contributed by atoms with E-state index in [1.165, 1.54) is 10.6 Å². The van der Waals surface area contributed by atoms with E-state index in [1.807, 2.05) is 0 Å². The molecule has 0 saturated carbocycles. The summed E-state index contributed by atoms with van der Waals surface area (Å²) in [5.74, 6) is -6.47. The van der Waals surface area contributed by atoms with Crippen LogP contribution in [0.2, 0.25) is 0 Å². The molecule has 24 heteroatoms. The van der Waals surface area contributed by atoms with Gasteiger partial charge in [-0.25, -0.2) is 19.0 Å². The number of carbonyl (C=O) groups excluding carboxylic acids is 10. The van der Waals surface area contributed by atoms with Crippen LogP contribution in [-0.2, 0) is 89.1 Å². The normalized spacial score (nSPS) is 17.2. The Balaban J connectivity index is 0.775. The van der Waals surface area contributed by atoms with Gasteiger partial charge in [-0.3, -0.25) is 43.2 Å². The summed E-state index contributed by atoms with van der Waals surface area (Å²) in [7, 11) is 0. The van der Waals surface area contributed by atoms with Crippen LogP contribution in [0, 0.1) is 12.7 Å². The largest absolute Gasteiger partial charge is 0.458 e. The highest BCUT2D eigenvalue weighted by molar-refractivity contribution is 6.01. The van der Waals surface area contributed by atoms with E-state index in [2.05, 4.69) is 31.9 Å². The van der Waals surface area contributed by atoms with E-state index in [0.29, 0.717) is 88.1 Å². The summed E-state index contributed by atoms with van der Waals surface area (Å²) in [4.78, 5) is 149. The number of aromatic nitrogens is 2. The molecule has 2 aromatic heterocycles. The zero-order valence-electron chi connectivity index (χ0n) is 43.8. The highest BCUT2D eigenvalue weighted by atomic mass is 19.1. The molecule has 1 fully saturated rings. The van der Waals surface area contributed by atoms with E-state index in [1.54, 1.807) is 50.2 Å². The Hall–Kier alpha value is -8.41. The number of hydrogen-bond acceptors (Lipinski definition) is 15. The maximum atomic E-state index is 15.4. The number of hydrogen-bond donors (Lipinski definition) is 7. The molecule has 23 nitrogen and oxygen atoms in total. The summed E-state index contributed by atoms with van der Waals surface area (Å²) in [6.07, 6.45) is 3.23. The Morgan fingerprint density at radius 1 is 0.797 bits per heavy atom. The number of carbonyl (C=O) groups is 10. The minimum absolute atomic E-state index is 0.000750. The summed E-state index contributed by atoms with van der Waals surface area (Å²) < 4.78 is 22.1. The van der Waals surface area contributed by atoms with Crippen molar-refractivity contribution in [3.8, 4) is 11.4 Å². The van der Waals surface area contributed by atoms with Gasteiger partial charge in [-0.15, -0.1) is 5.06 Å². The predicted molar refractivity (Wildman–Crippen MR) is 277 cm³/mol. The molecule has 79 heavy (non-hydrogen) atoms. The van der Waals surface area contributed by atoms with Gasteiger partial charge in [0, 0.05) is 67.6 Å². The number of pyridine rings is 2. The average molecular weight is 1090 g/mol. The first-order valence-corrected chi connectivity index (χ1v) is 26.4. The molecule has 4 aliphatic rings. The second kappa shape index (κ2) is 24.9. The molecule has 0 bridgehead atoms. The van der Waals surface area contributed by atoms with Gasteiger partial charge in [-0.2, -0.15) is 0 Å². The highest BCUT2D eigenvalue weighted by Gasteiger charge is 2.46. The lowest BCUT2D eigenvalue weighted by Gasteiger charge is -2.31. The predicted octanol–water partition coefficient (Wildman–Crippen LogP) is 1.55. The molecule has 7 N–H and O–H groups in total. The first kappa shape index (κ1) is 56.8. The zero-order chi connectivity index (χ0) is 56.5. The first-order chi connectivity index (χ1) is 37.9. The molecule has 418 valence electrons. The minimum Gasteiger partial charge on any atom is -0.458 e. The van der Waals surface area contributed by atoms with Crippen molar-refractivity contribution < 1.29 is 67.0 Å². The van der Waals surface area contributed by atoms with Crippen LogP contribution in [0.3, 0.4) is 0 Å². The van der Waals surface area contributed by atoms with E-state index in [0.717, 1.165) is 5.56 Å². The van der Waals surface area contributed by atoms with Crippen molar-refractivity contribution in [3.05, 3.63) is 97.6 Å². The number of imide groups is 1. The number of cyclic esters (lactones) is 1. The van der Waals surface area contributed by atoms with E-state index in [-0.39, 0.29) is 88.1 Å². The number of unbranched alkanes of at least 4 members (excludes halogenated alkanes) is 3. The number of nitrogens with zero attached hydrogens (tertiary/aromatic N) is 3. The summed E-state index contributed by atoms with van der Waals surface area (Å²) in [5, 5.41) is 28.3. The monoisotopic (exact) mass is 1090 g/mol. The standard InChI is InChI=1S/C55H62FN9O14/c1-3-55(77)35-23-40-51-33(28-64(40)53(75)34(35)29-78-54(55)76)50-37(18-17-32-30(2)36(56)24-38(63-51)49(32)50)61-42(67)15-11-21-57-43(68)26-60-52(74)39(22-31-12-7-6-8-13-31)62-45(70)27-59-44(69)25-58-41(66)14-9-4-5-10-16-48(73)79-65-46(71)19-20-47(65)72/h6-8,12-13,23-24,37,39,77H,3-5,9-11,14-22,25-29H2,1-2H3,(H,57,68)(H,58,66)(H,59,69)(H,60,74)(H,61,67)(H,62,70)/t37-,39-,55-/m0/s1. The number of fused-ring (bicyclic) bond motifs is 5. The van der Waals surface area contributed by atoms with Gasteiger partial charge in [0.05, 0.1) is 54.7 Å². The molecule has 5 heterocycles. The van der Waals surface area contributed by atoms with Gasteiger partial charge in [0.15, 0.2) is 5.60 Å². The average Bonchev–Trinajstić information content (AvgIpc) is 4.23. The quantitative estimate of drug-likeness (QED) is 0.0262. The fraction of sp³-hybridized carbons (Fsp3) is 0.455. The summed E-state index contributed by atoms with van der Waals surface area (Å²) in [5.41, 5.74) is 2.11. The second-order valence-electron chi connectivity index (χ2n) is 20.0. The van der Waals surface area contributed by atoms with Gasteiger partial charge in [-0.1, -0.05) is 50.1 Å². The Kier molecular flexibility index (Phi) is 17.9. The molecule has 0 unspecified atom stereocenters. The fourth-order valence-corrected chi connectivity index (χ4v) is 10.3. The first-order valence-electron chi connectivity index (χ1n) is 26.4. The van der Waals surface area contributed by atoms with E-state index < -0.39 is 102 Å². The van der Waals surface area contributed by atoms with Crippen LogP contribution in [0.25, 0.3) is 22.3 Å². The van der Waals surface area contributed by atoms with Gasteiger partial charge in [0.1, 0.15) is 18.5 Å². The molecule has 0 spiro atoms. The van der Waals surface area contributed by atoms with Crippen molar-refractivity contribution in [1.29, 1.82) is 0 Å². The number of nitrogens with one attached hydrogen (secondary N) is 6. The van der Waals surface area contributed by atoms with Crippen LogP contribution in [0.1, 0.15) is 129 Å². The van der Waals surface area contributed by atoms with Crippen LogP contribution in [-0.4, -0.2) is 111 Å². The highest BCUT2D eigenvalue weighted by Crippen LogP contribution is 2.46. The summed E-state index contributed by atoms with van der Waals surface area (Å²) >= 11 is 0. The lowest BCUT2D eigenvalue weighted by Crippen LogP contribution is -2.52. The molecule has 3 aliphatic heterocycles. The number of hydroxylamine groups is 2. The summed E-state index contributed by atoms with van der Waals surface area (Å²) in [6, 6.07) is 10.00. The maximum Gasteiger partial charge on any atom is 0.343 e. The second-order valence-corrected chi connectivity index (χ2v) is 20.0. The third-order valence-corrected chi connectivity index (χ3v) is 14.6. The number of rotatable bonds is 24. The van der Waals surface area contributed by atoms with Gasteiger partial charge >= 0.3 is 11.9 Å². The van der Waals surface area contributed by atoms with E-state index >= 15 is 4.39 Å². The molecule has 2 aromatic carbocycles. The van der Waals surface area contributed by atoms with E-state index in [9.17, 15) is 57.8 Å². The van der Waals surface area contributed by atoms with Crippen molar-refractivity contribution in [2.75, 3.05) is 26.2 Å². The number of benzene rings is 2. The zero-order valence-corrected chi connectivity index (χ0v) is 43.8. The molecule has 0 radical (unpaired) electrons. The van der Waals surface area contributed by atoms with Crippen LogP contribution >= 0.6 is 0 Å². The van der Waals surface area contributed by atoms with Crippen LogP contribution in [0.4, 0.5) is 4.39 Å². The van der Waals surface area contributed by atoms with Crippen LogP contribution in [0.5, 0.6) is 0 Å².